The van der Waals surface area contributed by atoms with Gasteiger partial charge in [-0.2, -0.15) is 0 Å². The predicted molar refractivity (Wildman–Crippen MR) is 120 cm³/mol. The highest BCUT2D eigenvalue weighted by molar-refractivity contribution is 7.09. The lowest BCUT2D eigenvalue weighted by Crippen LogP contribution is -2.38. The van der Waals surface area contributed by atoms with E-state index < -0.39 is 0 Å². The summed E-state index contributed by atoms with van der Waals surface area (Å²) in [5.41, 5.74) is 6.20. The van der Waals surface area contributed by atoms with Crippen molar-refractivity contribution in [3.63, 3.8) is 0 Å². The molecule has 4 nitrogen and oxygen atoms in total. The molecule has 1 fully saturated rings. The molecule has 2 aliphatic rings. The zero-order valence-electron chi connectivity index (χ0n) is 17.1. The summed E-state index contributed by atoms with van der Waals surface area (Å²) in [6, 6.07) is 17.0. The van der Waals surface area contributed by atoms with Gasteiger partial charge >= 0.3 is 6.09 Å². The van der Waals surface area contributed by atoms with Gasteiger partial charge in [-0.1, -0.05) is 48.5 Å². The number of thiazole rings is 1. The Morgan fingerprint density at radius 3 is 2.27 bits per heavy atom. The van der Waals surface area contributed by atoms with Gasteiger partial charge in [-0.25, -0.2) is 9.78 Å². The first-order chi connectivity index (χ1) is 14.7. The first-order valence-corrected chi connectivity index (χ1v) is 11.6. The normalized spacial score (nSPS) is 20.4. The fourth-order valence-electron chi connectivity index (χ4n) is 4.91. The highest BCUT2D eigenvalue weighted by atomic mass is 32.1. The third-order valence-corrected chi connectivity index (χ3v) is 7.24. The largest absolute Gasteiger partial charge is 0.449 e. The number of carbonyl (C=O) groups excluding carboxylic acids is 1. The molecule has 0 spiro atoms. The zero-order chi connectivity index (χ0) is 20.5. The maximum Gasteiger partial charge on any atom is 0.407 e. The SMILES string of the molecule is Cc1nc(C2CCC(NC(=O)OCC3c4ccccc4-c4ccccc43)CC2)cs1. The minimum Gasteiger partial charge on any atom is -0.449 e. The van der Waals surface area contributed by atoms with E-state index in [2.05, 4.69) is 71.1 Å². The van der Waals surface area contributed by atoms with Gasteiger partial charge in [0, 0.05) is 23.3 Å². The van der Waals surface area contributed by atoms with E-state index in [0.29, 0.717) is 12.5 Å². The van der Waals surface area contributed by atoms with Crippen molar-refractivity contribution < 1.29 is 9.53 Å². The van der Waals surface area contributed by atoms with E-state index in [1.54, 1.807) is 11.3 Å². The Labute approximate surface area is 181 Å². The molecule has 1 aromatic heterocycles. The van der Waals surface area contributed by atoms with Crippen LogP contribution in [0.15, 0.2) is 53.9 Å². The number of ether oxygens (including phenoxy) is 1. The van der Waals surface area contributed by atoms with Crippen molar-refractivity contribution in [2.24, 2.45) is 0 Å². The lowest BCUT2D eigenvalue weighted by atomic mass is 9.84. The lowest BCUT2D eigenvalue weighted by Gasteiger charge is -2.28. The Kier molecular flexibility index (Phi) is 5.30. The van der Waals surface area contributed by atoms with Crippen LogP contribution in [0, 0.1) is 6.92 Å². The number of carbonyl (C=O) groups is 1. The standard InChI is InChI=1S/C25H26N2O2S/c1-16-26-24(15-30-16)17-10-12-18(13-11-17)27-25(28)29-14-23-21-8-4-2-6-19(21)20-7-3-5-9-22(20)23/h2-9,15,17-18,23H,10-14H2,1H3,(H,27,28). The molecule has 0 aliphatic heterocycles. The van der Waals surface area contributed by atoms with E-state index in [1.165, 1.54) is 27.9 Å². The van der Waals surface area contributed by atoms with Crippen molar-refractivity contribution in [2.75, 3.05) is 6.61 Å². The Morgan fingerprint density at radius 2 is 1.67 bits per heavy atom. The minimum absolute atomic E-state index is 0.104. The van der Waals surface area contributed by atoms with Gasteiger partial charge in [0.1, 0.15) is 6.61 Å². The van der Waals surface area contributed by atoms with Crippen molar-refractivity contribution in [1.29, 1.82) is 0 Å². The van der Waals surface area contributed by atoms with E-state index >= 15 is 0 Å². The van der Waals surface area contributed by atoms with E-state index in [1.807, 2.05) is 0 Å². The molecule has 0 unspecified atom stereocenters. The van der Waals surface area contributed by atoms with Crippen LogP contribution >= 0.6 is 11.3 Å². The molecule has 0 saturated heterocycles. The van der Waals surface area contributed by atoms with Crippen LogP contribution in [0.2, 0.25) is 0 Å². The van der Waals surface area contributed by atoms with Gasteiger partial charge in [-0.15, -0.1) is 11.3 Å². The number of nitrogens with zero attached hydrogens (tertiary/aromatic N) is 1. The van der Waals surface area contributed by atoms with Gasteiger partial charge in [-0.05, 0) is 54.9 Å². The fourth-order valence-corrected chi connectivity index (χ4v) is 5.60. The van der Waals surface area contributed by atoms with Gasteiger partial charge < -0.3 is 10.1 Å². The molecule has 30 heavy (non-hydrogen) atoms. The van der Waals surface area contributed by atoms with Gasteiger partial charge in [0.2, 0.25) is 0 Å². The fraction of sp³-hybridized carbons (Fsp3) is 0.360. The molecule has 2 aliphatic carbocycles. The summed E-state index contributed by atoms with van der Waals surface area (Å²) < 4.78 is 5.70. The summed E-state index contributed by atoms with van der Waals surface area (Å²) in [5.74, 6) is 0.627. The van der Waals surface area contributed by atoms with Gasteiger partial charge in [0.15, 0.2) is 0 Å². The van der Waals surface area contributed by atoms with Crippen LogP contribution in [0.5, 0.6) is 0 Å². The van der Waals surface area contributed by atoms with Gasteiger partial charge in [-0.3, -0.25) is 0 Å². The van der Waals surface area contributed by atoms with Crippen LogP contribution in [0.4, 0.5) is 4.79 Å². The van der Waals surface area contributed by atoms with E-state index in [0.717, 1.165) is 30.7 Å². The number of aryl methyl sites for hydroxylation is 1. The minimum atomic E-state index is -0.301. The summed E-state index contributed by atoms with van der Waals surface area (Å²) in [7, 11) is 0. The Morgan fingerprint density at radius 1 is 1.03 bits per heavy atom. The van der Waals surface area contributed by atoms with Crippen molar-refractivity contribution in [2.45, 2.75) is 50.5 Å². The topological polar surface area (TPSA) is 51.2 Å². The van der Waals surface area contributed by atoms with Crippen molar-refractivity contribution in [3.8, 4) is 11.1 Å². The molecule has 1 amide bonds. The number of hydrogen-bond donors (Lipinski definition) is 1. The number of amides is 1. The van der Waals surface area contributed by atoms with E-state index in [9.17, 15) is 4.79 Å². The average molecular weight is 419 g/mol. The summed E-state index contributed by atoms with van der Waals surface area (Å²) in [5, 5.41) is 6.40. The smallest absolute Gasteiger partial charge is 0.407 e. The first-order valence-electron chi connectivity index (χ1n) is 10.7. The Bertz CT molecular complexity index is 1010. The zero-order valence-corrected chi connectivity index (χ0v) is 18.0. The van der Waals surface area contributed by atoms with E-state index in [4.69, 9.17) is 4.74 Å². The quantitative estimate of drug-likeness (QED) is 0.564. The van der Waals surface area contributed by atoms with Crippen LogP contribution in [0.3, 0.4) is 0 Å². The van der Waals surface area contributed by atoms with Crippen molar-refractivity contribution in [3.05, 3.63) is 75.7 Å². The van der Waals surface area contributed by atoms with Crippen molar-refractivity contribution >= 4 is 17.4 Å². The second-order valence-corrected chi connectivity index (χ2v) is 9.37. The number of rotatable bonds is 4. The number of nitrogens with one attached hydrogen (secondary N) is 1. The molecule has 154 valence electrons. The maximum absolute atomic E-state index is 12.5. The van der Waals surface area contributed by atoms with Gasteiger partial charge in [0.25, 0.3) is 0 Å². The Hall–Kier alpha value is -2.66. The molecule has 1 N–H and O–H groups in total. The molecule has 1 heterocycles. The molecule has 0 bridgehead atoms. The number of hydrogen-bond acceptors (Lipinski definition) is 4. The molecule has 5 heteroatoms. The second-order valence-electron chi connectivity index (χ2n) is 8.31. The van der Waals surface area contributed by atoms with Crippen LogP contribution in [-0.2, 0) is 4.74 Å². The molecule has 3 aromatic rings. The molecule has 5 rings (SSSR count). The summed E-state index contributed by atoms with van der Waals surface area (Å²) in [6.45, 7) is 2.42. The maximum atomic E-state index is 12.5. The van der Waals surface area contributed by atoms with Crippen LogP contribution in [0.1, 0.15) is 59.3 Å². The molecule has 2 aromatic carbocycles. The molecule has 0 radical (unpaired) electrons. The number of benzene rings is 2. The highest BCUT2D eigenvalue weighted by Gasteiger charge is 2.30. The number of fused-ring (bicyclic) bond motifs is 3. The molecular formula is C25H26N2O2S. The summed E-state index contributed by atoms with van der Waals surface area (Å²) >= 11 is 1.72. The lowest BCUT2D eigenvalue weighted by molar-refractivity contribution is 0.135. The average Bonchev–Trinajstić information content (AvgIpc) is 3.34. The number of alkyl carbamates (subject to hydrolysis) is 1. The second kappa shape index (κ2) is 8.23. The monoisotopic (exact) mass is 418 g/mol. The predicted octanol–water partition coefficient (Wildman–Crippen LogP) is 6.02. The Balaban J connectivity index is 1.17. The number of aromatic nitrogens is 1. The van der Waals surface area contributed by atoms with Crippen molar-refractivity contribution in [1.82, 2.24) is 10.3 Å². The van der Waals surface area contributed by atoms with Gasteiger partial charge in [0.05, 0.1) is 10.7 Å². The third-order valence-electron chi connectivity index (χ3n) is 6.45. The molecule has 0 atom stereocenters. The van der Waals surface area contributed by atoms with E-state index in [-0.39, 0.29) is 18.1 Å². The molecule has 1 saturated carbocycles. The van der Waals surface area contributed by atoms with Crippen LogP contribution in [0.25, 0.3) is 11.1 Å². The van der Waals surface area contributed by atoms with Crippen LogP contribution < -0.4 is 5.32 Å². The summed E-state index contributed by atoms with van der Waals surface area (Å²) in [4.78, 5) is 17.1. The molecular weight excluding hydrogens is 392 g/mol. The first kappa shape index (κ1) is 19.3. The highest BCUT2D eigenvalue weighted by Crippen LogP contribution is 2.44. The summed E-state index contributed by atoms with van der Waals surface area (Å²) in [6.07, 6.45) is 3.79. The van der Waals surface area contributed by atoms with Crippen LogP contribution in [-0.4, -0.2) is 23.7 Å². The third kappa shape index (κ3) is 3.74.